The van der Waals surface area contributed by atoms with E-state index in [1.165, 1.54) is 51.9 Å². The van der Waals surface area contributed by atoms with E-state index in [0.29, 0.717) is 0 Å². The van der Waals surface area contributed by atoms with Crippen molar-refractivity contribution in [3.8, 4) is 0 Å². The van der Waals surface area contributed by atoms with Gasteiger partial charge in [-0.2, -0.15) is 0 Å². The first kappa shape index (κ1) is 9.47. The van der Waals surface area contributed by atoms with Crippen molar-refractivity contribution < 1.29 is 0 Å². The van der Waals surface area contributed by atoms with E-state index in [4.69, 9.17) is 0 Å². The number of hydrogen-bond acceptors (Lipinski definition) is 2. The minimum absolute atomic E-state index is 0.848. The molecule has 0 spiro atoms. The lowest BCUT2D eigenvalue weighted by atomic mass is 9.96. The summed E-state index contributed by atoms with van der Waals surface area (Å²) in [4.78, 5) is 2.70. The lowest BCUT2D eigenvalue weighted by molar-refractivity contribution is 0.118. The van der Waals surface area contributed by atoms with Gasteiger partial charge < -0.3 is 5.32 Å². The molecular formula is C11H22N2. The van der Waals surface area contributed by atoms with E-state index in [-0.39, 0.29) is 0 Å². The molecule has 0 amide bonds. The van der Waals surface area contributed by atoms with Crippen LogP contribution in [0.1, 0.15) is 32.6 Å². The summed E-state index contributed by atoms with van der Waals surface area (Å²) in [6.07, 6.45) is 5.62. The van der Waals surface area contributed by atoms with Gasteiger partial charge in [0.15, 0.2) is 0 Å². The third kappa shape index (κ3) is 2.44. The highest BCUT2D eigenvalue weighted by Gasteiger charge is 2.24. The van der Waals surface area contributed by atoms with Crippen LogP contribution in [0, 0.1) is 5.92 Å². The second-order valence-corrected chi connectivity index (χ2v) is 4.72. The topological polar surface area (TPSA) is 15.3 Å². The summed E-state index contributed by atoms with van der Waals surface area (Å²) in [6.45, 7) is 7.53. The van der Waals surface area contributed by atoms with Gasteiger partial charge in [0.05, 0.1) is 0 Å². The van der Waals surface area contributed by atoms with Gasteiger partial charge in [-0.05, 0) is 51.2 Å². The van der Waals surface area contributed by atoms with E-state index in [0.717, 1.165) is 12.0 Å². The Morgan fingerprint density at radius 2 is 1.92 bits per heavy atom. The monoisotopic (exact) mass is 182 g/mol. The summed E-state index contributed by atoms with van der Waals surface area (Å²) in [5.41, 5.74) is 0. The normalized spacial score (nSPS) is 33.5. The zero-order chi connectivity index (χ0) is 9.10. The smallest absolute Gasteiger partial charge is 0.0221 e. The Labute approximate surface area is 81.7 Å². The minimum Gasteiger partial charge on any atom is -0.315 e. The van der Waals surface area contributed by atoms with Gasteiger partial charge in [-0.25, -0.2) is 0 Å². The highest BCUT2D eigenvalue weighted by atomic mass is 15.2. The summed E-state index contributed by atoms with van der Waals surface area (Å²) in [5, 5.41) is 3.50. The first-order valence-electron chi connectivity index (χ1n) is 5.81. The van der Waals surface area contributed by atoms with Gasteiger partial charge in [0.1, 0.15) is 0 Å². The number of rotatable bonds is 1. The number of piperidine rings is 2. The second kappa shape index (κ2) is 4.43. The molecule has 1 atom stereocenters. The van der Waals surface area contributed by atoms with Crippen LogP contribution in [0.5, 0.6) is 0 Å². The maximum absolute atomic E-state index is 3.50. The lowest BCUT2D eigenvalue weighted by Crippen LogP contribution is -2.48. The van der Waals surface area contributed by atoms with Gasteiger partial charge in [0.25, 0.3) is 0 Å². The largest absolute Gasteiger partial charge is 0.315 e. The maximum atomic E-state index is 3.50. The van der Waals surface area contributed by atoms with Gasteiger partial charge >= 0.3 is 0 Å². The van der Waals surface area contributed by atoms with E-state index in [1.54, 1.807) is 0 Å². The number of nitrogens with one attached hydrogen (secondary N) is 1. The molecule has 0 aromatic carbocycles. The molecule has 2 saturated heterocycles. The Balaban J connectivity index is 1.79. The predicted molar refractivity (Wildman–Crippen MR) is 55.9 cm³/mol. The number of likely N-dealkylation sites (tertiary alicyclic amines) is 1. The number of nitrogens with zero attached hydrogens (tertiary/aromatic N) is 1. The molecule has 2 nitrogen and oxygen atoms in total. The molecule has 2 fully saturated rings. The predicted octanol–water partition coefficient (Wildman–Crippen LogP) is 1.47. The van der Waals surface area contributed by atoms with Crippen molar-refractivity contribution in [1.82, 2.24) is 10.2 Å². The summed E-state index contributed by atoms with van der Waals surface area (Å²) in [6, 6.07) is 0.848. The second-order valence-electron chi connectivity index (χ2n) is 4.72. The van der Waals surface area contributed by atoms with Crippen LogP contribution in [0.4, 0.5) is 0 Å². The Morgan fingerprint density at radius 3 is 2.54 bits per heavy atom. The molecule has 0 aromatic rings. The Hall–Kier alpha value is -0.0800. The standard InChI is InChI=1S/C11H22N2/c1-10-4-7-13(8-5-10)11-3-2-6-12-9-11/h10-12H,2-9H2,1H3/t11-/m0/s1. The minimum atomic E-state index is 0.848. The maximum Gasteiger partial charge on any atom is 0.0221 e. The fourth-order valence-corrected chi connectivity index (χ4v) is 2.54. The van der Waals surface area contributed by atoms with Crippen molar-refractivity contribution >= 4 is 0 Å². The van der Waals surface area contributed by atoms with Crippen molar-refractivity contribution in [2.45, 2.75) is 38.6 Å². The molecule has 1 N–H and O–H groups in total. The van der Waals surface area contributed by atoms with Crippen molar-refractivity contribution in [2.24, 2.45) is 5.92 Å². The number of hydrogen-bond donors (Lipinski definition) is 1. The van der Waals surface area contributed by atoms with Crippen LogP contribution < -0.4 is 5.32 Å². The molecule has 76 valence electrons. The Bertz CT molecular complexity index is 144. The van der Waals surface area contributed by atoms with Crippen molar-refractivity contribution in [3.63, 3.8) is 0 Å². The van der Waals surface area contributed by atoms with E-state index in [2.05, 4.69) is 17.1 Å². The SMILES string of the molecule is CC1CCN([C@H]2CCCNC2)CC1. The van der Waals surface area contributed by atoms with Crippen LogP contribution >= 0.6 is 0 Å². The summed E-state index contributed by atoms with van der Waals surface area (Å²) < 4.78 is 0. The van der Waals surface area contributed by atoms with E-state index < -0.39 is 0 Å². The first-order chi connectivity index (χ1) is 6.36. The van der Waals surface area contributed by atoms with Crippen LogP contribution in [-0.2, 0) is 0 Å². The first-order valence-corrected chi connectivity index (χ1v) is 5.81. The van der Waals surface area contributed by atoms with Gasteiger partial charge in [-0.1, -0.05) is 6.92 Å². The average Bonchev–Trinajstić information content (AvgIpc) is 2.20. The molecule has 2 aliphatic rings. The molecule has 0 saturated carbocycles. The molecule has 2 heteroatoms. The van der Waals surface area contributed by atoms with Gasteiger partial charge in [0.2, 0.25) is 0 Å². The molecule has 2 aliphatic heterocycles. The van der Waals surface area contributed by atoms with Crippen LogP contribution in [0.25, 0.3) is 0 Å². The van der Waals surface area contributed by atoms with Crippen LogP contribution in [0.15, 0.2) is 0 Å². The summed E-state index contributed by atoms with van der Waals surface area (Å²) in [5.74, 6) is 0.966. The highest BCUT2D eigenvalue weighted by Crippen LogP contribution is 2.20. The van der Waals surface area contributed by atoms with Crippen LogP contribution in [-0.4, -0.2) is 37.1 Å². The molecule has 2 rings (SSSR count). The molecule has 0 radical (unpaired) electrons. The van der Waals surface area contributed by atoms with E-state index in [9.17, 15) is 0 Å². The van der Waals surface area contributed by atoms with Gasteiger partial charge in [0, 0.05) is 12.6 Å². The van der Waals surface area contributed by atoms with Crippen molar-refractivity contribution in [3.05, 3.63) is 0 Å². The lowest BCUT2D eigenvalue weighted by Gasteiger charge is -2.38. The summed E-state index contributed by atoms with van der Waals surface area (Å²) >= 11 is 0. The molecule has 0 aliphatic carbocycles. The van der Waals surface area contributed by atoms with Gasteiger partial charge in [-0.15, -0.1) is 0 Å². The van der Waals surface area contributed by atoms with Crippen molar-refractivity contribution in [1.29, 1.82) is 0 Å². The quantitative estimate of drug-likeness (QED) is 0.660. The van der Waals surface area contributed by atoms with Crippen LogP contribution in [0.2, 0.25) is 0 Å². The summed E-state index contributed by atoms with van der Waals surface area (Å²) in [7, 11) is 0. The fraction of sp³-hybridized carbons (Fsp3) is 1.00. The van der Waals surface area contributed by atoms with E-state index in [1.807, 2.05) is 0 Å². The molecule has 0 aromatic heterocycles. The molecule has 0 bridgehead atoms. The zero-order valence-corrected chi connectivity index (χ0v) is 8.76. The van der Waals surface area contributed by atoms with E-state index >= 15 is 0 Å². The molecular weight excluding hydrogens is 160 g/mol. The Morgan fingerprint density at radius 1 is 1.15 bits per heavy atom. The van der Waals surface area contributed by atoms with Crippen LogP contribution in [0.3, 0.4) is 0 Å². The molecule has 0 unspecified atom stereocenters. The van der Waals surface area contributed by atoms with Gasteiger partial charge in [-0.3, -0.25) is 4.90 Å². The molecule has 13 heavy (non-hydrogen) atoms. The average molecular weight is 182 g/mol. The zero-order valence-electron chi connectivity index (χ0n) is 8.76. The highest BCUT2D eigenvalue weighted by molar-refractivity contribution is 4.81. The third-order valence-corrected chi connectivity index (χ3v) is 3.61. The molecule has 2 heterocycles. The Kier molecular flexibility index (Phi) is 3.23. The third-order valence-electron chi connectivity index (χ3n) is 3.61. The fourth-order valence-electron chi connectivity index (χ4n) is 2.54. The van der Waals surface area contributed by atoms with Crippen molar-refractivity contribution in [2.75, 3.05) is 26.2 Å².